The molecule has 5 heteroatoms. The summed E-state index contributed by atoms with van der Waals surface area (Å²) < 4.78 is 0. The van der Waals surface area contributed by atoms with Crippen LogP contribution in [0.15, 0.2) is 18.2 Å². The van der Waals surface area contributed by atoms with Crippen molar-refractivity contribution in [3.05, 3.63) is 29.6 Å². The lowest BCUT2D eigenvalue weighted by molar-refractivity contribution is -0.121. The van der Waals surface area contributed by atoms with Gasteiger partial charge in [0, 0.05) is 19.6 Å². The summed E-state index contributed by atoms with van der Waals surface area (Å²) in [5.74, 6) is 0.900. The lowest BCUT2D eigenvalue weighted by atomic mass is 10.1. The number of aryl methyl sites for hydroxylation is 1. The molecule has 0 saturated heterocycles. The molecule has 5 nitrogen and oxygen atoms in total. The fourth-order valence-electron chi connectivity index (χ4n) is 2.01. The number of aliphatic hydroxyl groups excluding tert-OH is 1. The third-order valence-corrected chi connectivity index (χ3v) is 2.96. The van der Waals surface area contributed by atoms with Crippen LogP contribution in [0.4, 0.5) is 0 Å². The largest absolute Gasteiger partial charge is 0.396 e. The van der Waals surface area contributed by atoms with E-state index in [0.29, 0.717) is 19.4 Å². The van der Waals surface area contributed by atoms with Crippen LogP contribution in [0.5, 0.6) is 0 Å². The molecule has 1 aromatic heterocycles. The first-order valence-electron chi connectivity index (χ1n) is 6.52. The van der Waals surface area contributed by atoms with E-state index in [1.165, 1.54) is 5.56 Å². The lowest BCUT2D eigenvalue weighted by Gasteiger charge is -2.04. The second-order valence-electron chi connectivity index (χ2n) is 4.60. The van der Waals surface area contributed by atoms with Gasteiger partial charge in [0.05, 0.1) is 11.0 Å². The van der Waals surface area contributed by atoms with Gasteiger partial charge in [-0.3, -0.25) is 4.79 Å². The minimum absolute atomic E-state index is 0.00693. The Hall–Kier alpha value is -1.88. The van der Waals surface area contributed by atoms with Gasteiger partial charge in [-0.05, 0) is 37.5 Å². The molecule has 0 radical (unpaired) electrons. The van der Waals surface area contributed by atoms with E-state index in [-0.39, 0.29) is 12.5 Å². The molecule has 0 saturated carbocycles. The van der Waals surface area contributed by atoms with E-state index in [1.54, 1.807) is 0 Å². The first-order valence-corrected chi connectivity index (χ1v) is 6.52. The van der Waals surface area contributed by atoms with Gasteiger partial charge in [0.1, 0.15) is 5.82 Å². The number of H-pyrrole nitrogens is 1. The molecule has 0 aliphatic rings. The van der Waals surface area contributed by atoms with Crippen LogP contribution >= 0.6 is 0 Å². The van der Waals surface area contributed by atoms with Crippen LogP contribution in [0.3, 0.4) is 0 Å². The normalized spacial score (nSPS) is 10.8. The Balaban J connectivity index is 1.86. The van der Waals surface area contributed by atoms with Gasteiger partial charge in [0.15, 0.2) is 0 Å². The molecule has 0 bridgehead atoms. The van der Waals surface area contributed by atoms with Gasteiger partial charge in [-0.1, -0.05) is 6.07 Å². The zero-order chi connectivity index (χ0) is 13.7. The van der Waals surface area contributed by atoms with E-state index in [9.17, 15) is 4.79 Å². The van der Waals surface area contributed by atoms with E-state index in [4.69, 9.17) is 5.11 Å². The zero-order valence-corrected chi connectivity index (χ0v) is 11.1. The predicted octanol–water partition coefficient (Wildman–Crippen LogP) is 1.30. The van der Waals surface area contributed by atoms with E-state index in [1.807, 2.05) is 19.1 Å². The molecule has 0 aliphatic carbocycles. The number of benzene rings is 1. The molecule has 1 amide bonds. The number of nitrogens with one attached hydrogen (secondary N) is 2. The van der Waals surface area contributed by atoms with Crippen molar-refractivity contribution in [2.75, 3.05) is 13.2 Å². The van der Waals surface area contributed by atoms with Crippen LogP contribution in [-0.4, -0.2) is 34.1 Å². The van der Waals surface area contributed by atoms with Gasteiger partial charge in [0.2, 0.25) is 5.91 Å². The molecule has 1 aromatic carbocycles. The molecule has 3 N–H and O–H groups in total. The summed E-state index contributed by atoms with van der Waals surface area (Å²) in [6, 6.07) is 6.08. The lowest BCUT2D eigenvalue weighted by Crippen LogP contribution is -2.25. The van der Waals surface area contributed by atoms with Gasteiger partial charge in [0.25, 0.3) is 0 Å². The number of amides is 1. The number of rotatable bonds is 6. The van der Waals surface area contributed by atoms with Gasteiger partial charge in [-0.2, -0.15) is 0 Å². The quantitative estimate of drug-likeness (QED) is 0.733. The molecule has 0 aliphatic heterocycles. The number of carbonyl (C=O) groups is 1. The summed E-state index contributed by atoms with van der Waals surface area (Å²) in [6.07, 6.45) is 1.69. The number of aromatic nitrogens is 2. The molecule has 1 heterocycles. The van der Waals surface area contributed by atoms with Crippen molar-refractivity contribution in [2.24, 2.45) is 0 Å². The topological polar surface area (TPSA) is 78.0 Å². The maximum atomic E-state index is 11.4. The van der Waals surface area contributed by atoms with Crippen molar-refractivity contribution in [1.82, 2.24) is 15.3 Å². The number of hydrogen-bond donors (Lipinski definition) is 3. The predicted molar refractivity (Wildman–Crippen MR) is 73.9 cm³/mol. The van der Waals surface area contributed by atoms with Crippen molar-refractivity contribution >= 4 is 16.9 Å². The third-order valence-electron chi connectivity index (χ3n) is 2.96. The Morgan fingerprint density at radius 3 is 3.11 bits per heavy atom. The van der Waals surface area contributed by atoms with E-state index < -0.39 is 0 Å². The molecule has 0 unspecified atom stereocenters. The Kier molecular flexibility index (Phi) is 4.52. The second-order valence-corrected chi connectivity index (χ2v) is 4.60. The minimum Gasteiger partial charge on any atom is -0.396 e. The molecule has 102 valence electrons. The zero-order valence-electron chi connectivity index (χ0n) is 11.1. The molecular formula is C14H19N3O2. The fourth-order valence-corrected chi connectivity index (χ4v) is 2.01. The average molecular weight is 261 g/mol. The molecule has 0 spiro atoms. The highest BCUT2D eigenvalue weighted by atomic mass is 16.3. The van der Waals surface area contributed by atoms with Crippen LogP contribution < -0.4 is 5.32 Å². The first-order chi connectivity index (χ1) is 9.19. The minimum atomic E-state index is -0.00693. The standard InChI is InChI=1S/C14H19N3O2/c1-10-16-12-5-4-11(9-13(12)17-10)6-7-15-14(19)3-2-8-18/h4-5,9,18H,2-3,6-8H2,1H3,(H,15,19)(H,16,17). The van der Waals surface area contributed by atoms with Crippen LogP contribution in [0.2, 0.25) is 0 Å². The molecule has 2 aromatic rings. The number of fused-ring (bicyclic) bond motifs is 1. The summed E-state index contributed by atoms with van der Waals surface area (Å²) in [6.45, 7) is 2.60. The van der Waals surface area contributed by atoms with Crippen LogP contribution in [0.25, 0.3) is 11.0 Å². The van der Waals surface area contributed by atoms with Gasteiger partial charge in [-0.15, -0.1) is 0 Å². The van der Waals surface area contributed by atoms with Crippen molar-refractivity contribution in [3.63, 3.8) is 0 Å². The summed E-state index contributed by atoms with van der Waals surface area (Å²) >= 11 is 0. The Labute approximate surface area is 112 Å². The number of imidazole rings is 1. The van der Waals surface area contributed by atoms with Crippen LogP contribution in [-0.2, 0) is 11.2 Å². The maximum Gasteiger partial charge on any atom is 0.220 e. The number of hydrogen-bond acceptors (Lipinski definition) is 3. The highest BCUT2D eigenvalue weighted by molar-refractivity contribution is 5.76. The molecule has 0 atom stereocenters. The Morgan fingerprint density at radius 1 is 1.47 bits per heavy atom. The summed E-state index contributed by atoms with van der Waals surface area (Å²) in [7, 11) is 0. The molecule has 2 rings (SSSR count). The van der Waals surface area contributed by atoms with E-state index in [0.717, 1.165) is 23.3 Å². The Bertz CT molecular complexity index is 563. The summed E-state index contributed by atoms with van der Waals surface area (Å²) in [5.41, 5.74) is 3.16. The Morgan fingerprint density at radius 2 is 2.32 bits per heavy atom. The van der Waals surface area contributed by atoms with Crippen LogP contribution in [0, 0.1) is 6.92 Å². The van der Waals surface area contributed by atoms with Crippen LogP contribution in [0.1, 0.15) is 24.2 Å². The highest BCUT2D eigenvalue weighted by Gasteiger charge is 2.03. The molecule has 19 heavy (non-hydrogen) atoms. The van der Waals surface area contributed by atoms with Gasteiger partial charge < -0.3 is 15.4 Å². The summed E-state index contributed by atoms with van der Waals surface area (Å²) in [5, 5.41) is 11.5. The number of carbonyl (C=O) groups excluding carboxylic acids is 1. The first kappa shape index (κ1) is 13.5. The SMILES string of the molecule is Cc1nc2ccc(CCNC(=O)CCCO)cc2[nH]1. The number of nitrogens with zero attached hydrogens (tertiary/aromatic N) is 1. The molecule has 0 fully saturated rings. The molecular weight excluding hydrogens is 242 g/mol. The van der Waals surface area contributed by atoms with Crippen molar-refractivity contribution < 1.29 is 9.90 Å². The number of aromatic amines is 1. The van der Waals surface area contributed by atoms with Crippen molar-refractivity contribution in [2.45, 2.75) is 26.2 Å². The van der Waals surface area contributed by atoms with Crippen molar-refractivity contribution in [1.29, 1.82) is 0 Å². The van der Waals surface area contributed by atoms with Crippen molar-refractivity contribution in [3.8, 4) is 0 Å². The fraction of sp³-hybridized carbons (Fsp3) is 0.429. The number of aliphatic hydroxyl groups is 1. The van der Waals surface area contributed by atoms with Gasteiger partial charge in [-0.25, -0.2) is 4.98 Å². The maximum absolute atomic E-state index is 11.4. The third kappa shape index (κ3) is 3.79. The van der Waals surface area contributed by atoms with E-state index in [2.05, 4.69) is 21.4 Å². The highest BCUT2D eigenvalue weighted by Crippen LogP contribution is 2.13. The average Bonchev–Trinajstić information content (AvgIpc) is 2.75. The monoisotopic (exact) mass is 261 g/mol. The summed E-state index contributed by atoms with van der Waals surface area (Å²) in [4.78, 5) is 18.9. The van der Waals surface area contributed by atoms with Gasteiger partial charge >= 0.3 is 0 Å². The smallest absolute Gasteiger partial charge is 0.220 e. The van der Waals surface area contributed by atoms with E-state index >= 15 is 0 Å². The second kappa shape index (κ2) is 6.33.